The van der Waals surface area contributed by atoms with Crippen molar-refractivity contribution in [2.75, 3.05) is 7.11 Å². The molecule has 1 atom stereocenters. The van der Waals surface area contributed by atoms with Crippen molar-refractivity contribution < 1.29 is 4.74 Å². The van der Waals surface area contributed by atoms with Crippen LogP contribution in [-0.2, 0) is 5.41 Å². The number of methoxy groups -OCH3 is 1. The fourth-order valence-electron chi connectivity index (χ4n) is 5.39. The molecule has 128 valence electrons. The van der Waals surface area contributed by atoms with Crippen LogP contribution in [0, 0.1) is 0 Å². The van der Waals surface area contributed by atoms with Crippen LogP contribution in [0.4, 0.5) is 0 Å². The van der Waals surface area contributed by atoms with Crippen molar-refractivity contribution in [2.24, 2.45) is 0 Å². The van der Waals surface area contributed by atoms with Crippen LogP contribution in [0.15, 0.2) is 48.5 Å². The first kappa shape index (κ1) is 15.1. The van der Waals surface area contributed by atoms with Gasteiger partial charge in [-0.1, -0.05) is 49.6 Å². The van der Waals surface area contributed by atoms with Crippen molar-refractivity contribution in [1.82, 2.24) is 4.98 Å². The van der Waals surface area contributed by atoms with Gasteiger partial charge in [0.05, 0.1) is 7.11 Å². The van der Waals surface area contributed by atoms with E-state index >= 15 is 0 Å². The van der Waals surface area contributed by atoms with E-state index in [2.05, 4.69) is 53.5 Å². The highest BCUT2D eigenvalue weighted by atomic mass is 16.5. The fourth-order valence-corrected chi connectivity index (χ4v) is 5.39. The van der Waals surface area contributed by atoms with E-state index in [0.717, 1.165) is 5.75 Å². The van der Waals surface area contributed by atoms with E-state index in [-0.39, 0.29) is 0 Å². The molecule has 1 saturated carbocycles. The highest BCUT2D eigenvalue weighted by molar-refractivity contribution is 5.87. The summed E-state index contributed by atoms with van der Waals surface area (Å²) in [6.07, 6.45) is 8.07. The van der Waals surface area contributed by atoms with Crippen LogP contribution in [-0.4, -0.2) is 12.1 Å². The minimum absolute atomic E-state index is 0.373. The number of H-pyrrole nitrogens is 1. The van der Waals surface area contributed by atoms with E-state index < -0.39 is 0 Å². The van der Waals surface area contributed by atoms with Crippen molar-refractivity contribution in [3.8, 4) is 5.75 Å². The minimum atomic E-state index is 0.373. The van der Waals surface area contributed by atoms with Gasteiger partial charge in [-0.25, -0.2) is 0 Å². The molecule has 3 aromatic rings. The Bertz CT molecular complexity index is 899. The fraction of sp³-hybridized carbons (Fsp3) is 0.391. The van der Waals surface area contributed by atoms with E-state index in [1.165, 1.54) is 60.7 Å². The molecule has 2 heteroatoms. The Hall–Kier alpha value is -2.22. The predicted molar refractivity (Wildman–Crippen MR) is 103 cm³/mol. The lowest BCUT2D eigenvalue weighted by molar-refractivity contribution is 0.287. The highest BCUT2D eigenvalue weighted by Crippen LogP contribution is 2.57. The molecule has 2 aromatic carbocycles. The number of nitrogens with one attached hydrogen (secondary N) is 1. The number of hydrogen-bond donors (Lipinski definition) is 1. The summed E-state index contributed by atoms with van der Waals surface area (Å²) >= 11 is 0. The molecule has 1 spiro atoms. The molecule has 1 heterocycles. The normalized spacial score (nSPS) is 21.6. The number of fused-ring (bicyclic) bond motifs is 4. The smallest absolute Gasteiger partial charge is 0.118 e. The highest BCUT2D eigenvalue weighted by Gasteiger charge is 2.46. The molecule has 25 heavy (non-hydrogen) atoms. The largest absolute Gasteiger partial charge is 0.497 e. The Balaban J connectivity index is 1.67. The third kappa shape index (κ3) is 2.23. The van der Waals surface area contributed by atoms with Crippen molar-refractivity contribution in [3.05, 3.63) is 65.4 Å². The summed E-state index contributed by atoms with van der Waals surface area (Å²) in [5.74, 6) is 1.41. The third-order valence-electron chi connectivity index (χ3n) is 6.54. The van der Waals surface area contributed by atoms with Crippen LogP contribution in [0.1, 0.15) is 61.3 Å². The predicted octanol–water partition coefficient (Wildman–Crippen LogP) is 5.91. The van der Waals surface area contributed by atoms with Crippen LogP contribution >= 0.6 is 0 Å². The molecule has 0 amide bonds. The summed E-state index contributed by atoms with van der Waals surface area (Å²) in [5.41, 5.74) is 6.18. The lowest BCUT2D eigenvalue weighted by Gasteiger charge is -2.35. The lowest BCUT2D eigenvalue weighted by Crippen LogP contribution is -2.26. The van der Waals surface area contributed by atoms with Gasteiger partial charge in [0.2, 0.25) is 0 Å². The first-order valence-electron chi connectivity index (χ1n) is 9.56. The van der Waals surface area contributed by atoms with E-state index in [1.54, 1.807) is 12.7 Å². The van der Waals surface area contributed by atoms with Gasteiger partial charge in [0.25, 0.3) is 0 Å². The Morgan fingerprint density at radius 3 is 2.48 bits per heavy atom. The summed E-state index contributed by atoms with van der Waals surface area (Å²) in [6, 6.07) is 17.6. The Morgan fingerprint density at radius 1 is 0.960 bits per heavy atom. The quantitative estimate of drug-likeness (QED) is 0.620. The van der Waals surface area contributed by atoms with Crippen LogP contribution in [0.3, 0.4) is 0 Å². The third-order valence-corrected chi connectivity index (χ3v) is 6.54. The number of ether oxygens (including phenoxy) is 1. The number of aromatic amines is 1. The SMILES string of the molecule is COc1ccc(C2CC3(CCCCC3)c3c2[nH]c2ccccc32)cc1. The number of rotatable bonds is 2. The van der Waals surface area contributed by atoms with Gasteiger partial charge in [0, 0.05) is 22.5 Å². The molecule has 1 unspecified atom stereocenters. The van der Waals surface area contributed by atoms with E-state index in [0.29, 0.717) is 11.3 Å². The van der Waals surface area contributed by atoms with Gasteiger partial charge in [-0.2, -0.15) is 0 Å². The van der Waals surface area contributed by atoms with Crippen LogP contribution in [0.5, 0.6) is 5.75 Å². The molecule has 2 aliphatic rings. The second-order valence-corrected chi connectivity index (χ2v) is 7.83. The van der Waals surface area contributed by atoms with Crippen molar-refractivity contribution in [1.29, 1.82) is 0 Å². The summed E-state index contributed by atoms with van der Waals surface area (Å²) in [5, 5.41) is 1.45. The second kappa shape index (κ2) is 5.66. The second-order valence-electron chi connectivity index (χ2n) is 7.83. The summed E-state index contributed by atoms with van der Waals surface area (Å²) in [6.45, 7) is 0. The zero-order valence-corrected chi connectivity index (χ0v) is 14.8. The molecule has 1 N–H and O–H groups in total. The van der Waals surface area contributed by atoms with E-state index in [1.807, 2.05) is 0 Å². The Morgan fingerprint density at radius 2 is 1.72 bits per heavy atom. The molecule has 2 aliphatic carbocycles. The maximum atomic E-state index is 5.35. The summed E-state index contributed by atoms with van der Waals surface area (Å²) in [7, 11) is 1.73. The average molecular weight is 331 g/mol. The van der Waals surface area contributed by atoms with Crippen LogP contribution in [0.2, 0.25) is 0 Å². The number of para-hydroxylation sites is 1. The monoisotopic (exact) mass is 331 g/mol. The van der Waals surface area contributed by atoms with Gasteiger partial charge in [0.15, 0.2) is 0 Å². The summed E-state index contributed by atoms with van der Waals surface area (Å²) < 4.78 is 5.35. The first-order valence-corrected chi connectivity index (χ1v) is 9.56. The molecular weight excluding hydrogens is 306 g/mol. The number of benzene rings is 2. The molecule has 1 fully saturated rings. The van der Waals surface area contributed by atoms with Crippen molar-refractivity contribution >= 4 is 10.9 Å². The maximum Gasteiger partial charge on any atom is 0.118 e. The molecule has 5 rings (SSSR count). The molecule has 1 aromatic heterocycles. The molecule has 0 radical (unpaired) electrons. The molecule has 0 aliphatic heterocycles. The zero-order chi connectivity index (χ0) is 16.9. The van der Waals surface area contributed by atoms with Gasteiger partial charge < -0.3 is 9.72 Å². The van der Waals surface area contributed by atoms with Gasteiger partial charge in [0.1, 0.15) is 5.75 Å². The minimum Gasteiger partial charge on any atom is -0.497 e. The average Bonchev–Trinajstić information content (AvgIpc) is 3.19. The topological polar surface area (TPSA) is 25.0 Å². The molecular formula is C23H25NO. The van der Waals surface area contributed by atoms with Crippen molar-refractivity contribution in [2.45, 2.75) is 49.9 Å². The van der Waals surface area contributed by atoms with Gasteiger partial charge in [-0.05, 0) is 54.0 Å². The van der Waals surface area contributed by atoms with Crippen LogP contribution < -0.4 is 4.74 Å². The zero-order valence-electron chi connectivity index (χ0n) is 14.8. The van der Waals surface area contributed by atoms with Crippen molar-refractivity contribution in [3.63, 3.8) is 0 Å². The Labute approximate surface area is 149 Å². The number of hydrogen-bond acceptors (Lipinski definition) is 1. The van der Waals surface area contributed by atoms with Gasteiger partial charge in [-0.15, -0.1) is 0 Å². The molecule has 2 nitrogen and oxygen atoms in total. The molecule has 0 saturated heterocycles. The molecule has 0 bridgehead atoms. The van der Waals surface area contributed by atoms with Gasteiger partial charge >= 0.3 is 0 Å². The summed E-state index contributed by atoms with van der Waals surface area (Å²) in [4.78, 5) is 3.79. The van der Waals surface area contributed by atoms with E-state index in [4.69, 9.17) is 4.74 Å². The van der Waals surface area contributed by atoms with E-state index in [9.17, 15) is 0 Å². The maximum absolute atomic E-state index is 5.35. The first-order chi connectivity index (χ1) is 12.3. The Kier molecular flexibility index (Phi) is 3.41. The number of aromatic nitrogens is 1. The lowest BCUT2D eigenvalue weighted by atomic mass is 9.69. The van der Waals surface area contributed by atoms with Gasteiger partial charge in [-0.3, -0.25) is 0 Å². The van der Waals surface area contributed by atoms with Crippen LogP contribution in [0.25, 0.3) is 10.9 Å². The standard InChI is InChI=1S/C23H25NO/c1-25-17-11-9-16(10-12-17)19-15-23(13-5-2-6-14-23)21-18-7-3-4-8-20(18)24-22(19)21/h3-4,7-12,19,24H,2,5-6,13-15H2,1H3.